The van der Waals surface area contributed by atoms with Crippen LogP contribution in [-0.2, 0) is 10.1 Å². The van der Waals surface area contributed by atoms with Crippen LogP contribution in [0.25, 0.3) is 0 Å². The summed E-state index contributed by atoms with van der Waals surface area (Å²) in [6.07, 6.45) is 0. The molecule has 9 heteroatoms. The Bertz CT molecular complexity index is 569. The van der Waals surface area contributed by atoms with Crippen LogP contribution in [0, 0.1) is 10.1 Å². The van der Waals surface area contributed by atoms with Crippen LogP contribution in [0.1, 0.15) is 5.56 Å². The summed E-state index contributed by atoms with van der Waals surface area (Å²) in [5.41, 5.74) is 0.00669. The number of rotatable bonds is 4. The molecule has 0 heterocycles. The van der Waals surface area contributed by atoms with Gasteiger partial charge in [-0.1, -0.05) is 23.7 Å². The zero-order valence-electron chi connectivity index (χ0n) is 8.28. The Hall–Kier alpha value is -1.51. The molecule has 0 fully saturated rings. The number of non-ortho nitro benzene ring substituents is 1. The van der Waals surface area contributed by atoms with Gasteiger partial charge in [0.15, 0.2) is 5.88 Å². The van der Waals surface area contributed by atoms with Gasteiger partial charge in [0.05, 0.1) is 4.92 Å². The monoisotopic (exact) mass is 278 g/mol. The van der Waals surface area contributed by atoms with Crippen LogP contribution in [-0.4, -0.2) is 28.9 Å². The van der Waals surface area contributed by atoms with E-state index in [1.54, 1.807) is 0 Å². The minimum atomic E-state index is -4.26. The highest BCUT2D eigenvalue weighted by Gasteiger charge is 2.09. The molecule has 0 aliphatic rings. The van der Waals surface area contributed by atoms with Gasteiger partial charge in [-0.2, -0.15) is 8.42 Å². The van der Waals surface area contributed by atoms with Crippen LogP contribution in [0.2, 0.25) is 0 Å². The number of halogens is 1. The lowest BCUT2D eigenvalue weighted by Crippen LogP contribution is -2.04. The number of benzene rings is 1. The summed E-state index contributed by atoms with van der Waals surface area (Å²) in [6, 6.07) is 5.23. The molecule has 0 spiro atoms. The third-order valence-corrected chi connectivity index (χ3v) is 2.45. The highest BCUT2D eigenvalue weighted by molar-refractivity contribution is 7.85. The van der Waals surface area contributed by atoms with Crippen molar-refractivity contribution < 1.29 is 17.9 Å². The minimum absolute atomic E-state index is 0.192. The first-order chi connectivity index (χ1) is 7.79. The Labute approximate surface area is 102 Å². The number of aliphatic imine (C=N–C) groups is 1. The second kappa shape index (κ2) is 5.21. The maximum absolute atomic E-state index is 10.5. The summed E-state index contributed by atoms with van der Waals surface area (Å²) < 4.78 is 29.3. The first-order valence-corrected chi connectivity index (χ1v) is 6.18. The largest absolute Gasteiger partial charge is 0.285 e. The molecule has 1 N–H and O–H groups in total. The summed E-state index contributed by atoms with van der Waals surface area (Å²) in [5.74, 6) is -0.894. The lowest BCUT2D eigenvalue weighted by molar-refractivity contribution is -0.384. The summed E-state index contributed by atoms with van der Waals surface area (Å²) in [6.45, 7) is 0. The number of nitrogens with zero attached hydrogens (tertiary/aromatic N) is 2. The van der Waals surface area contributed by atoms with Gasteiger partial charge in [-0.05, 0) is 0 Å². The van der Waals surface area contributed by atoms with Crippen LogP contribution in [0.15, 0.2) is 29.3 Å². The highest BCUT2D eigenvalue weighted by Crippen LogP contribution is 2.15. The van der Waals surface area contributed by atoms with E-state index in [0.717, 1.165) is 6.07 Å². The molecular formula is C8H7ClN2O5S. The van der Waals surface area contributed by atoms with Crippen molar-refractivity contribution in [3.63, 3.8) is 0 Å². The fraction of sp³-hybridized carbons (Fsp3) is 0.125. The first kappa shape index (κ1) is 13.6. The molecule has 17 heavy (non-hydrogen) atoms. The van der Waals surface area contributed by atoms with Crippen LogP contribution < -0.4 is 0 Å². The van der Waals surface area contributed by atoms with Gasteiger partial charge in [-0.15, -0.1) is 0 Å². The quantitative estimate of drug-likeness (QED) is 0.388. The summed E-state index contributed by atoms with van der Waals surface area (Å²) in [7, 11) is -4.26. The molecule has 0 saturated carbocycles. The lowest BCUT2D eigenvalue weighted by atomic mass is 10.2. The van der Waals surface area contributed by atoms with Gasteiger partial charge in [0.25, 0.3) is 15.8 Å². The van der Waals surface area contributed by atoms with E-state index in [1.807, 2.05) is 0 Å². The molecule has 1 aromatic carbocycles. The molecule has 7 nitrogen and oxygen atoms in total. The Kier molecular flexibility index (Phi) is 4.16. The number of hydrogen-bond donors (Lipinski definition) is 1. The molecule has 0 saturated heterocycles. The minimum Gasteiger partial charge on any atom is -0.284 e. The molecule has 1 aromatic rings. The van der Waals surface area contributed by atoms with Gasteiger partial charge in [0, 0.05) is 17.7 Å². The predicted octanol–water partition coefficient (Wildman–Crippen LogP) is 1.43. The summed E-state index contributed by atoms with van der Waals surface area (Å²) in [4.78, 5) is 13.3. The smallest absolute Gasteiger partial charge is 0.284 e. The summed E-state index contributed by atoms with van der Waals surface area (Å²) >= 11 is 5.64. The fourth-order valence-corrected chi connectivity index (χ4v) is 1.52. The first-order valence-electron chi connectivity index (χ1n) is 4.19. The van der Waals surface area contributed by atoms with Gasteiger partial charge in [-0.3, -0.25) is 19.7 Å². The second-order valence-corrected chi connectivity index (χ2v) is 4.75. The van der Waals surface area contributed by atoms with Crippen LogP contribution >= 0.6 is 11.6 Å². The third kappa shape index (κ3) is 4.47. The number of nitro benzene ring substituents is 1. The molecule has 0 atom stereocenters. The molecular weight excluding hydrogens is 272 g/mol. The Morgan fingerprint density at radius 2 is 2.18 bits per heavy atom. The van der Waals surface area contributed by atoms with E-state index in [4.69, 9.17) is 16.2 Å². The normalized spacial score (nSPS) is 12.5. The lowest BCUT2D eigenvalue weighted by Gasteiger charge is -1.98. The molecule has 0 bridgehead atoms. The van der Waals surface area contributed by atoms with Crippen molar-refractivity contribution in [2.24, 2.45) is 4.99 Å². The van der Waals surface area contributed by atoms with Gasteiger partial charge >= 0.3 is 0 Å². The predicted molar refractivity (Wildman–Crippen MR) is 61.9 cm³/mol. The topological polar surface area (TPSA) is 110 Å². The van der Waals surface area contributed by atoms with E-state index in [1.165, 1.54) is 18.2 Å². The zero-order valence-corrected chi connectivity index (χ0v) is 9.85. The van der Waals surface area contributed by atoms with Crippen molar-refractivity contribution >= 4 is 32.6 Å². The van der Waals surface area contributed by atoms with Gasteiger partial charge in [0.2, 0.25) is 0 Å². The van der Waals surface area contributed by atoms with Gasteiger partial charge in [0.1, 0.15) is 5.17 Å². The van der Waals surface area contributed by atoms with Gasteiger partial charge < -0.3 is 0 Å². The Morgan fingerprint density at radius 3 is 2.71 bits per heavy atom. The SMILES string of the molecule is O=[N+]([O-])c1cccc(C(Cl)=NCS(=O)(=O)O)c1. The molecule has 0 aromatic heterocycles. The van der Waals surface area contributed by atoms with E-state index in [0.29, 0.717) is 0 Å². The molecule has 0 aliphatic heterocycles. The second-order valence-electron chi connectivity index (χ2n) is 2.97. The molecule has 0 radical (unpaired) electrons. The van der Waals surface area contributed by atoms with E-state index in [9.17, 15) is 18.5 Å². The molecule has 1 rings (SSSR count). The van der Waals surface area contributed by atoms with Crippen molar-refractivity contribution in [3.05, 3.63) is 39.9 Å². The van der Waals surface area contributed by atoms with Crippen LogP contribution in [0.4, 0.5) is 5.69 Å². The van der Waals surface area contributed by atoms with E-state index in [2.05, 4.69) is 4.99 Å². The molecule has 0 amide bonds. The average Bonchev–Trinajstić information content (AvgIpc) is 2.25. The standard InChI is InChI=1S/C8H7ClN2O5S/c9-8(10-5-17(14,15)16)6-2-1-3-7(4-6)11(12)13/h1-4H,5H2,(H,14,15,16). The average molecular weight is 279 g/mol. The van der Waals surface area contributed by atoms with E-state index in [-0.39, 0.29) is 16.4 Å². The number of hydrogen-bond acceptors (Lipinski definition) is 5. The maximum Gasteiger partial charge on any atom is 0.285 e. The van der Waals surface area contributed by atoms with Crippen molar-refractivity contribution in [2.45, 2.75) is 0 Å². The van der Waals surface area contributed by atoms with E-state index >= 15 is 0 Å². The van der Waals surface area contributed by atoms with Crippen LogP contribution in [0.5, 0.6) is 0 Å². The molecule has 0 unspecified atom stereocenters. The van der Waals surface area contributed by atoms with Crippen molar-refractivity contribution in [1.29, 1.82) is 0 Å². The zero-order chi connectivity index (χ0) is 13.1. The van der Waals surface area contributed by atoms with E-state index < -0.39 is 20.9 Å². The molecule has 92 valence electrons. The summed E-state index contributed by atoms with van der Waals surface area (Å²) in [5, 5.41) is 10.2. The third-order valence-electron chi connectivity index (χ3n) is 1.66. The van der Waals surface area contributed by atoms with Crippen molar-refractivity contribution in [2.75, 3.05) is 5.88 Å². The Balaban J connectivity index is 3.00. The van der Waals surface area contributed by atoms with Crippen molar-refractivity contribution in [3.8, 4) is 0 Å². The highest BCUT2D eigenvalue weighted by atomic mass is 35.5. The Morgan fingerprint density at radius 1 is 1.53 bits per heavy atom. The fourth-order valence-electron chi connectivity index (χ4n) is 0.977. The van der Waals surface area contributed by atoms with Gasteiger partial charge in [-0.25, -0.2) is 0 Å². The molecule has 0 aliphatic carbocycles. The maximum atomic E-state index is 10.5. The van der Waals surface area contributed by atoms with Crippen LogP contribution in [0.3, 0.4) is 0 Å². The number of nitro groups is 1. The van der Waals surface area contributed by atoms with Crippen molar-refractivity contribution in [1.82, 2.24) is 0 Å².